The van der Waals surface area contributed by atoms with Crippen LogP contribution in [0.5, 0.6) is 11.5 Å². The van der Waals surface area contributed by atoms with Gasteiger partial charge in [-0.3, -0.25) is 0 Å². The Morgan fingerprint density at radius 3 is 2.45 bits per heavy atom. The molecular weight excluding hydrogens is 382 g/mol. The molecule has 0 spiro atoms. The molecule has 0 bridgehead atoms. The molecule has 2 aromatic carbocycles. The minimum atomic E-state index is -3.54. The third-order valence-corrected chi connectivity index (χ3v) is 5.81. The predicted molar refractivity (Wildman–Crippen MR) is 77.6 cm³/mol. The summed E-state index contributed by atoms with van der Waals surface area (Å²) in [5.74, 6) is -1.92. The number of rotatable bonds is 2. The highest BCUT2D eigenvalue weighted by Gasteiger charge is 2.36. The van der Waals surface area contributed by atoms with Crippen molar-refractivity contribution in [2.24, 2.45) is 0 Å². The first kappa shape index (κ1) is 15.4. The van der Waals surface area contributed by atoms with E-state index in [2.05, 4.69) is 15.9 Å². The minimum Gasteiger partial charge on any atom is -0.456 e. The van der Waals surface area contributed by atoms with Crippen molar-refractivity contribution in [3.63, 3.8) is 0 Å². The summed E-state index contributed by atoms with van der Waals surface area (Å²) in [6, 6.07) is 5.37. The van der Waals surface area contributed by atoms with Crippen LogP contribution in [0.2, 0.25) is 0 Å². The van der Waals surface area contributed by atoms with Crippen LogP contribution < -0.4 is 4.74 Å². The van der Waals surface area contributed by atoms with Crippen molar-refractivity contribution in [2.75, 3.05) is 5.75 Å². The quantitative estimate of drug-likeness (QED) is 0.853. The molecule has 3 rings (SSSR count). The van der Waals surface area contributed by atoms with Gasteiger partial charge in [-0.25, -0.2) is 17.2 Å². The molecule has 0 saturated heterocycles. The van der Waals surface area contributed by atoms with Crippen molar-refractivity contribution in [2.45, 2.75) is 11.0 Å². The Morgan fingerprint density at radius 1 is 1.18 bits per heavy atom. The molecule has 1 aliphatic rings. The van der Waals surface area contributed by atoms with Gasteiger partial charge in [0.25, 0.3) is 0 Å². The molecular formula is C14H9BrF2O4S. The first-order chi connectivity index (χ1) is 10.3. The number of benzene rings is 2. The third-order valence-electron chi connectivity index (χ3n) is 3.21. The van der Waals surface area contributed by atoms with Crippen LogP contribution in [0.3, 0.4) is 0 Å². The summed E-state index contributed by atoms with van der Waals surface area (Å²) >= 11 is 3.18. The molecule has 0 amide bonds. The van der Waals surface area contributed by atoms with Gasteiger partial charge in [-0.05, 0) is 28.1 Å². The Bertz CT molecular complexity index is 847. The number of aliphatic hydroxyl groups excluding tert-OH is 1. The zero-order valence-corrected chi connectivity index (χ0v) is 13.3. The molecule has 22 heavy (non-hydrogen) atoms. The number of hydrogen-bond donors (Lipinski definition) is 1. The van der Waals surface area contributed by atoms with Gasteiger partial charge in [0.05, 0.1) is 21.2 Å². The summed E-state index contributed by atoms with van der Waals surface area (Å²) in [5, 5.41) is 9.89. The molecule has 0 saturated carbocycles. The van der Waals surface area contributed by atoms with E-state index in [1.807, 2.05) is 0 Å². The highest BCUT2D eigenvalue weighted by Crippen LogP contribution is 2.43. The normalized spacial score (nSPS) is 19.0. The van der Waals surface area contributed by atoms with E-state index in [4.69, 9.17) is 4.74 Å². The molecule has 4 nitrogen and oxygen atoms in total. The van der Waals surface area contributed by atoms with Gasteiger partial charge in [-0.1, -0.05) is 0 Å². The van der Waals surface area contributed by atoms with Crippen molar-refractivity contribution in [1.29, 1.82) is 0 Å². The summed E-state index contributed by atoms with van der Waals surface area (Å²) in [6.07, 6.45) is -1.18. The molecule has 1 atom stereocenters. The van der Waals surface area contributed by atoms with Crippen LogP contribution >= 0.6 is 15.9 Å². The van der Waals surface area contributed by atoms with Crippen LogP contribution in [0.25, 0.3) is 0 Å². The molecule has 0 fully saturated rings. The van der Waals surface area contributed by atoms with Gasteiger partial charge in [0.2, 0.25) is 0 Å². The molecule has 1 heterocycles. The number of hydrogen-bond acceptors (Lipinski definition) is 4. The standard InChI is InChI=1S/C14H9BrF2O4S/c15-14-11(21-9-4-7(16)3-8(17)5-9)1-2-12-13(14)10(18)6-22(12,19)20/h1-5,10,18H,6H2/t10-/m0/s1. The van der Waals surface area contributed by atoms with Crippen LogP contribution in [0.15, 0.2) is 39.7 Å². The Kier molecular flexibility index (Phi) is 3.70. The van der Waals surface area contributed by atoms with E-state index in [0.29, 0.717) is 6.07 Å². The highest BCUT2D eigenvalue weighted by atomic mass is 79.9. The SMILES string of the molecule is O=S1(=O)C[C@H](O)c2c1ccc(Oc1cc(F)cc(F)c1)c2Br. The van der Waals surface area contributed by atoms with Crippen molar-refractivity contribution < 1.29 is 27.0 Å². The molecule has 0 unspecified atom stereocenters. The monoisotopic (exact) mass is 390 g/mol. The van der Waals surface area contributed by atoms with Gasteiger partial charge in [0.15, 0.2) is 9.84 Å². The van der Waals surface area contributed by atoms with Crippen LogP contribution in [0.4, 0.5) is 8.78 Å². The molecule has 2 aromatic rings. The second-order valence-corrected chi connectivity index (χ2v) is 7.59. The van der Waals surface area contributed by atoms with Gasteiger partial charge in [-0.2, -0.15) is 0 Å². The van der Waals surface area contributed by atoms with Crippen molar-refractivity contribution >= 4 is 25.8 Å². The fourth-order valence-corrected chi connectivity index (χ4v) is 4.74. The Labute approximate surface area is 133 Å². The van der Waals surface area contributed by atoms with Gasteiger partial charge in [0.1, 0.15) is 23.1 Å². The zero-order chi connectivity index (χ0) is 16.1. The molecule has 1 aliphatic heterocycles. The summed E-state index contributed by atoms with van der Waals surface area (Å²) in [4.78, 5) is 0.0182. The van der Waals surface area contributed by atoms with Gasteiger partial charge in [-0.15, -0.1) is 0 Å². The maximum atomic E-state index is 13.2. The summed E-state index contributed by atoms with van der Waals surface area (Å²) in [6.45, 7) is 0. The lowest BCUT2D eigenvalue weighted by Crippen LogP contribution is -2.02. The largest absolute Gasteiger partial charge is 0.456 e. The summed E-state index contributed by atoms with van der Waals surface area (Å²) in [5.41, 5.74) is 0.189. The van der Waals surface area contributed by atoms with E-state index in [9.17, 15) is 22.3 Å². The summed E-state index contributed by atoms with van der Waals surface area (Å²) < 4.78 is 55.7. The summed E-state index contributed by atoms with van der Waals surface area (Å²) in [7, 11) is -3.54. The Hall–Kier alpha value is -1.51. The predicted octanol–water partition coefficient (Wildman–Crippen LogP) is 3.34. The van der Waals surface area contributed by atoms with E-state index in [1.165, 1.54) is 12.1 Å². The number of aliphatic hydroxyl groups is 1. The number of sulfone groups is 1. The zero-order valence-electron chi connectivity index (χ0n) is 10.9. The van der Waals surface area contributed by atoms with Crippen molar-refractivity contribution in [3.05, 3.63) is 52.0 Å². The first-order valence-corrected chi connectivity index (χ1v) is 8.59. The molecule has 0 aromatic heterocycles. The average molecular weight is 391 g/mol. The van der Waals surface area contributed by atoms with Crippen molar-refractivity contribution in [3.8, 4) is 11.5 Å². The average Bonchev–Trinajstić information content (AvgIpc) is 2.62. The number of ether oxygens (including phenoxy) is 1. The van der Waals surface area contributed by atoms with Crippen molar-refractivity contribution in [1.82, 2.24) is 0 Å². The minimum absolute atomic E-state index is 0.0182. The highest BCUT2D eigenvalue weighted by molar-refractivity contribution is 9.10. The van der Waals surface area contributed by atoms with Crippen LogP contribution in [0.1, 0.15) is 11.7 Å². The molecule has 116 valence electrons. The van der Waals surface area contributed by atoms with E-state index in [0.717, 1.165) is 12.1 Å². The lowest BCUT2D eigenvalue weighted by atomic mass is 10.1. The van der Waals surface area contributed by atoms with E-state index in [-0.39, 0.29) is 26.4 Å². The van der Waals surface area contributed by atoms with Crippen LogP contribution in [-0.4, -0.2) is 19.3 Å². The molecule has 8 heteroatoms. The van der Waals surface area contributed by atoms with Gasteiger partial charge < -0.3 is 9.84 Å². The van der Waals surface area contributed by atoms with Gasteiger partial charge >= 0.3 is 0 Å². The molecule has 0 aliphatic carbocycles. The first-order valence-electron chi connectivity index (χ1n) is 6.15. The fourth-order valence-electron chi connectivity index (χ4n) is 2.31. The van der Waals surface area contributed by atoms with E-state index < -0.39 is 33.3 Å². The van der Waals surface area contributed by atoms with E-state index >= 15 is 0 Å². The maximum Gasteiger partial charge on any atom is 0.181 e. The third kappa shape index (κ3) is 2.62. The molecule has 0 radical (unpaired) electrons. The maximum absolute atomic E-state index is 13.2. The molecule has 1 N–H and O–H groups in total. The number of halogens is 3. The van der Waals surface area contributed by atoms with Crippen LogP contribution in [-0.2, 0) is 9.84 Å². The fraction of sp³-hybridized carbons (Fsp3) is 0.143. The lowest BCUT2D eigenvalue weighted by Gasteiger charge is -2.12. The van der Waals surface area contributed by atoms with E-state index in [1.54, 1.807) is 0 Å². The topological polar surface area (TPSA) is 63.6 Å². The smallest absolute Gasteiger partial charge is 0.181 e. The Balaban J connectivity index is 2.05. The second kappa shape index (κ2) is 5.29. The number of fused-ring (bicyclic) bond motifs is 1. The van der Waals surface area contributed by atoms with Crippen LogP contribution in [0, 0.1) is 11.6 Å². The Morgan fingerprint density at radius 2 is 1.82 bits per heavy atom. The second-order valence-electron chi connectivity index (χ2n) is 4.79. The van der Waals surface area contributed by atoms with Gasteiger partial charge in [0, 0.05) is 23.8 Å². The lowest BCUT2D eigenvalue weighted by molar-refractivity contribution is 0.203.